The molecule has 0 atom stereocenters. The standard InChI is InChI=1S/C13H26N2O2/c1-4-13(5-2,10-14)17-9-12(16)15(6-3)11-7-8-11/h11H,4-10,14H2,1-3H3. The van der Waals surface area contributed by atoms with E-state index < -0.39 is 0 Å². The minimum absolute atomic E-state index is 0.106. The van der Waals surface area contributed by atoms with E-state index in [1.165, 1.54) is 0 Å². The fourth-order valence-electron chi connectivity index (χ4n) is 2.12. The van der Waals surface area contributed by atoms with Crippen LogP contribution in [0.15, 0.2) is 0 Å². The summed E-state index contributed by atoms with van der Waals surface area (Å²) >= 11 is 0. The van der Waals surface area contributed by atoms with Crippen LogP contribution in [0.1, 0.15) is 46.5 Å². The van der Waals surface area contributed by atoms with Gasteiger partial charge >= 0.3 is 0 Å². The van der Waals surface area contributed by atoms with Gasteiger partial charge in [-0.25, -0.2) is 0 Å². The average molecular weight is 242 g/mol. The van der Waals surface area contributed by atoms with Gasteiger partial charge in [-0.1, -0.05) is 13.8 Å². The lowest BCUT2D eigenvalue weighted by Gasteiger charge is -2.31. The second kappa shape index (κ2) is 6.36. The molecule has 1 fully saturated rings. The van der Waals surface area contributed by atoms with Gasteiger partial charge < -0.3 is 15.4 Å². The first-order chi connectivity index (χ1) is 8.12. The van der Waals surface area contributed by atoms with Crippen molar-refractivity contribution >= 4 is 5.91 Å². The minimum atomic E-state index is -0.321. The van der Waals surface area contributed by atoms with Crippen LogP contribution in [0, 0.1) is 0 Å². The monoisotopic (exact) mass is 242 g/mol. The first kappa shape index (κ1) is 14.5. The molecule has 4 nitrogen and oxygen atoms in total. The summed E-state index contributed by atoms with van der Waals surface area (Å²) in [4.78, 5) is 13.9. The number of hydrogen-bond acceptors (Lipinski definition) is 3. The van der Waals surface area contributed by atoms with Gasteiger partial charge in [-0.2, -0.15) is 0 Å². The zero-order chi connectivity index (χ0) is 12.9. The van der Waals surface area contributed by atoms with Gasteiger partial charge in [-0.05, 0) is 32.6 Å². The van der Waals surface area contributed by atoms with Crippen molar-refractivity contribution < 1.29 is 9.53 Å². The first-order valence-corrected chi connectivity index (χ1v) is 6.76. The molecule has 1 saturated carbocycles. The van der Waals surface area contributed by atoms with Gasteiger partial charge in [0.25, 0.3) is 0 Å². The Morgan fingerprint density at radius 2 is 1.94 bits per heavy atom. The summed E-state index contributed by atoms with van der Waals surface area (Å²) in [6, 6.07) is 0.464. The van der Waals surface area contributed by atoms with Crippen LogP contribution in [0.5, 0.6) is 0 Å². The van der Waals surface area contributed by atoms with Gasteiger partial charge in [-0.15, -0.1) is 0 Å². The predicted molar refractivity (Wildman–Crippen MR) is 68.7 cm³/mol. The molecule has 1 amide bonds. The van der Waals surface area contributed by atoms with Crippen LogP contribution in [0.3, 0.4) is 0 Å². The summed E-state index contributed by atoms with van der Waals surface area (Å²) in [5, 5.41) is 0. The Labute approximate surface area is 104 Å². The Morgan fingerprint density at radius 3 is 2.29 bits per heavy atom. The molecule has 0 saturated heterocycles. The highest BCUT2D eigenvalue weighted by Gasteiger charge is 2.33. The highest BCUT2D eigenvalue weighted by atomic mass is 16.5. The topological polar surface area (TPSA) is 55.6 Å². The van der Waals surface area contributed by atoms with Crippen molar-refractivity contribution in [2.24, 2.45) is 5.73 Å². The molecule has 0 aliphatic heterocycles. The quantitative estimate of drug-likeness (QED) is 0.702. The second-order valence-electron chi connectivity index (χ2n) is 4.79. The second-order valence-corrected chi connectivity index (χ2v) is 4.79. The normalized spacial score (nSPS) is 16.0. The van der Waals surface area contributed by atoms with Crippen LogP contribution >= 0.6 is 0 Å². The Kier molecular flexibility index (Phi) is 5.40. The van der Waals surface area contributed by atoms with E-state index in [1.54, 1.807) is 0 Å². The molecule has 17 heavy (non-hydrogen) atoms. The van der Waals surface area contributed by atoms with E-state index in [0.29, 0.717) is 12.6 Å². The molecule has 0 bridgehead atoms. The number of nitrogens with two attached hydrogens (primary N) is 1. The van der Waals surface area contributed by atoms with E-state index in [2.05, 4.69) is 13.8 Å². The van der Waals surface area contributed by atoms with Gasteiger partial charge in [0.15, 0.2) is 0 Å². The van der Waals surface area contributed by atoms with E-state index in [0.717, 1.165) is 32.2 Å². The van der Waals surface area contributed by atoms with Crippen LogP contribution in [-0.4, -0.2) is 42.1 Å². The summed E-state index contributed by atoms with van der Waals surface area (Å²) in [6.07, 6.45) is 3.98. The fourth-order valence-corrected chi connectivity index (χ4v) is 2.12. The van der Waals surface area contributed by atoms with Crippen molar-refractivity contribution in [2.45, 2.75) is 58.1 Å². The predicted octanol–water partition coefficient (Wildman–Crippen LogP) is 1.53. The number of likely N-dealkylation sites (N-methyl/N-ethyl adjacent to an activating group) is 1. The molecular formula is C13H26N2O2. The molecule has 1 aliphatic carbocycles. The van der Waals surface area contributed by atoms with Crippen molar-refractivity contribution in [1.29, 1.82) is 0 Å². The lowest BCUT2D eigenvalue weighted by Crippen LogP contribution is -2.44. The molecule has 4 heteroatoms. The van der Waals surface area contributed by atoms with E-state index in [1.807, 2.05) is 11.8 Å². The maximum absolute atomic E-state index is 12.0. The van der Waals surface area contributed by atoms with Gasteiger partial charge in [0.2, 0.25) is 5.91 Å². The lowest BCUT2D eigenvalue weighted by molar-refractivity contribution is -0.144. The third-order valence-electron chi connectivity index (χ3n) is 3.81. The number of carbonyl (C=O) groups excluding carboxylic acids is 1. The lowest BCUT2D eigenvalue weighted by atomic mass is 9.97. The number of nitrogens with zero attached hydrogens (tertiary/aromatic N) is 1. The molecule has 0 heterocycles. The van der Waals surface area contributed by atoms with Crippen LogP contribution in [0.4, 0.5) is 0 Å². The smallest absolute Gasteiger partial charge is 0.248 e. The SMILES string of the molecule is CCN(C(=O)COC(CC)(CC)CN)C1CC1. The molecular weight excluding hydrogens is 216 g/mol. The van der Waals surface area contributed by atoms with Gasteiger partial charge in [0.05, 0.1) is 5.60 Å². The third-order valence-corrected chi connectivity index (χ3v) is 3.81. The van der Waals surface area contributed by atoms with E-state index in [9.17, 15) is 4.79 Å². The zero-order valence-corrected chi connectivity index (χ0v) is 11.4. The number of rotatable bonds is 8. The van der Waals surface area contributed by atoms with Crippen molar-refractivity contribution in [3.63, 3.8) is 0 Å². The fraction of sp³-hybridized carbons (Fsp3) is 0.923. The Hall–Kier alpha value is -0.610. The summed E-state index contributed by atoms with van der Waals surface area (Å²) < 4.78 is 5.78. The van der Waals surface area contributed by atoms with Crippen LogP contribution in [-0.2, 0) is 9.53 Å². The van der Waals surface area contributed by atoms with Crippen molar-refractivity contribution in [2.75, 3.05) is 19.7 Å². The van der Waals surface area contributed by atoms with Crippen LogP contribution in [0.2, 0.25) is 0 Å². The molecule has 0 aromatic rings. The van der Waals surface area contributed by atoms with Crippen molar-refractivity contribution in [3.8, 4) is 0 Å². The Morgan fingerprint density at radius 1 is 1.35 bits per heavy atom. The summed E-state index contributed by atoms with van der Waals surface area (Å²) in [6.45, 7) is 7.55. The summed E-state index contributed by atoms with van der Waals surface area (Å²) in [5.74, 6) is 0.106. The first-order valence-electron chi connectivity index (χ1n) is 6.76. The number of carbonyl (C=O) groups is 1. The van der Waals surface area contributed by atoms with Crippen LogP contribution < -0.4 is 5.73 Å². The molecule has 2 N–H and O–H groups in total. The molecule has 0 spiro atoms. The number of ether oxygens (including phenoxy) is 1. The molecule has 0 aromatic carbocycles. The van der Waals surface area contributed by atoms with Crippen molar-refractivity contribution in [3.05, 3.63) is 0 Å². The molecule has 0 unspecified atom stereocenters. The van der Waals surface area contributed by atoms with Gasteiger partial charge in [-0.3, -0.25) is 4.79 Å². The minimum Gasteiger partial charge on any atom is -0.364 e. The summed E-state index contributed by atoms with van der Waals surface area (Å²) in [7, 11) is 0. The molecule has 0 aromatic heterocycles. The highest BCUT2D eigenvalue weighted by molar-refractivity contribution is 5.78. The molecule has 0 radical (unpaired) electrons. The number of amides is 1. The largest absolute Gasteiger partial charge is 0.364 e. The molecule has 1 aliphatic rings. The van der Waals surface area contributed by atoms with E-state index in [-0.39, 0.29) is 18.1 Å². The van der Waals surface area contributed by atoms with Crippen molar-refractivity contribution in [1.82, 2.24) is 4.90 Å². The van der Waals surface area contributed by atoms with Gasteiger partial charge in [0, 0.05) is 19.1 Å². The molecule has 100 valence electrons. The van der Waals surface area contributed by atoms with Gasteiger partial charge in [0.1, 0.15) is 6.61 Å². The highest BCUT2D eigenvalue weighted by Crippen LogP contribution is 2.27. The van der Waals surface area contributed by atoms with Crippen LogP contribution in [0.25, 0.3) is 0 Å². The van der Waals surface area contributed by atoms with E-state index >= 15 is 0 Å². The maximum atomic E-state index is 12.0. The Balaban J connectivity index is 2.44. The van der Waals surface area contributed by atoms with E-state index in [4.69, 9.17) is 10.5 Å². The third kappa shape index (κ3) is 3.68. The number of hydrogen-bond donors (Lipinski definition) is 1. The average Bonchev–Trinajstić information content (AvgIpc) is 3.17. The maximum Gasteiger partial charge on any atom is 0.248 e. The molecule has 1 rings (SSSR count). The zero-order valence-electron chi connectivity index (χ0n) is 11.4. The Bertz CT molecular complexity index is 240. The summed E-state index contributed by atoms with van der Waals surface area (Å²) in [5.41, 5.74) is 5.43.